The number of esters is 2. The lowest BCUT2D eigenvalue weighted by molar-refractivity contribution is -0.155. The first-order chi connectivity index (χ1) is 11.2. The van der Waals surface area contributed by atoms with Crippen molar-refractivity contribution < 1.29 is 23.9 Å². The lowest BCUT2D eigenvalue weighted by Crippen LogP contribution is -2.25. The molecule has 0 unspecified atom stereocenters. The maximum atomic E-state index is 12.0. The average Bonchev–Trinajstić information content (AvgIpc) is 2.87. The van der Waals surface area contributed by atoms with Gasteiger partial charge in [0.25, 0.3) is 0 Å². The molecule has 0 aliphatic carbocycles. The molecule has 1 aromatic rings. The van der Waals surface area contributed by atoms with Crippen molar-refractivity contribution in [1.82, 2.24) is 4.98 Å². The van der Waals surface area contributed by atoms with E-state index in [1.807, 2.05) is 0 Å². The van der Waals surface area contributed by atoms with Crippen LogP contribution in [0.4, 0.5) is 5.13 Å². The van der Waals surface area contributed by atoms with Crippen LogP contribution in [0.1, 0.15) is 45.7 Å². The van der Waals surface area contributed by atoms with Crippen molar-refractivity contribution in [3.05, 3.63) is 11.1 Å². The van der Waals surface area contributed by atoms with E-state index in [0.717, 1.165) is 6.21 Å². The number of carbonyl (C=O) groups is 2. The van der Waals surface area contributed by atoms with Crippen molar-refractivity contribution >= 4 is 34.6 Å². The Balaban J connectivity index is 2.66. The Bertz CT molecular complexity index is 580. The largest absolute Gasteiger partial charge is 0.462 e. The Morgan fingerprint density at radius 2 is 2.17 bits per heavy atom. The van der Waals surface area contributed by atoms with Gasteiger partial charge in [0.2, 0.25) is 0 Å². The number of thiazole rings is 1. The zero-order valence-electron chi connectivity index (χ0n) is 14.3. The molecule has 1 atom stereocenters. The van der Waals surface area contributed by atoms with E-state index >= 15 is 0 Å². The number of oxime groups is 1. The molecule has 0 aliphatic heterocycles. The van der Waals surface area contributed by atoms with Crippen LogP contribution in [0.2, 0.25) is 0 Å². The van der Waals surface area contributed by atoms with Crippen LogP contribution in [-0.2, 0) is 23.9 Å². The first-order valence-corrected chi connectivity index (χ1v) is 8.34. The van der Waals surface area contributed by atoms with Crippen LogP contribution in [0, 0.1) is 0 Å². The summed E-state index contributed by atoms with van der Waals surface area (Å²) in [5.74, 6) is -1.36. The monoisotopic (exact) mass is 357 g/mol. The van der Waals surface area contributed by atoms with Gasteiger partial charge in [0.1, 0.15) is 12.2 Å². The number of nitrogens with zero attached hydrogens (tertiary/aromatic N) is 2. The SMILES string of the molecule is CCOC(=O)/C=N/OC[C@H](CC(=O)OC(C)(C)C)c1csc(N)n1. The molecule has 0 saturated heterocycles. The summed E-state index contributed by atoms with van der Waals surface area (Å²) < 4.78 is 10.00. The molecule has 0 saturated carbocycles. The van der Waals surface area contributed by atoms with Gasteiger partial charge in [-0.25, -0.2) is 9.78 Å². The number of rotatable bonds is 8. The van der Waals surface area contributed by atoms with Gasteiger partial charge in [-0.3, -0.25) is 4.79 Å². The molecule has 1 aromatic heterocycles. The van der Waals surface area contributed by atoms with Gasteiger partial charge < -0.3 is 20.0 Å². The van der Waals surface area contributed by atoms with E-state index in [9.17, 15) is 9.59 Å². The van der Waals surface area contributed by atoms with E-state index < -0.39 is 11.6 Å². The highest BCUT2D eigenvalue weighted by atomic mass is 32.1. The molecule has 1 heterocycles. The summed E-state index contributed by atoms with van der Waals surface area (Å²) >= 11 is 1.27. The normalized spacial score (nSPS) is 12.8. The van der Waals surface area contributed by atoms with Gasteiger partial charge in [0.05, 0.1) is 18.7 Å². The Kier molecular flexibility index (Phi) is 7.63. The summed E-state index contributed by atoms with van der Waals surface area (Å²) in [7, 11) is 0. The van der Waals surface area contributed by atoms with Crippen molar-refractivity contribution in [2.24, 2.45) is 5.16 Å². The molecule has 0 radical (unpaired) electrons. The van der Waals surface area contributed by atoms with Gasteiger partial charge in [-0.2, -0.15) is 0 Å². The topological polar surface area (TPSA) is 113 Å². The molecule has 0 amide bonds. The second-order valence-corrected chi connectivity index (χ2v) is 6.77. The standard InChI is InChI=1S/C15H23N3O5S/c1-5-21-13(20)7-17-22-8-10(11-9-24-14(16)18-11)6-12(19)23-15(2,3)4/h7,9-10H,5-6,8H2,1-4H3,(H2,16,18)/b17-7+/t10-/m0/s1. The predicted molar refractivity (Wildman–Crippen MR) is 90.8 cm³/mol. The number of aromatic nitrogens is 1. The van der Waals surface area contributed by atoms with Gasteiger partial charge in [-0.15, -0.1) is 11.3 Å². The molecule has 0 bridgehead atoms. The van der Waals surface area contributed by atoms with Crippen LogP contribution in [0.5, 0.6) is 0 Å². The number of hydrogen-bond donors (Lipinski definition) is 1. The first-order valence-electron chi connectivity index (χ1n) is 7.46. The van der Waals surface area contributed by atoms with E-state index in [1.165, 1.54) is 11.3 Å². The minimum absolute atomic E-state index is 0.0539. The summed E-state index contributed by atoms with van der Waals surface area (Å²) in [6.07, 6.45) is 0.999. The Hall–Kier alpha value is -2.16. The molecule has 0 aromatic carbocycles. The van der Waals surface area contributed by atoms with E-state index in [-0.39, 0.29) is 31.5 Å². The molecule has 0 aliphatic rings. The molecule has 24 heavy (non-hydrogen) atoms. The fourth-order valence-corrected chi connectivity index (χ4v) is 2.36. The zero-order chi connectivity index (χ0) is 18.2. The smallest absolute Gasteiger partial charge is 0.352 e. The minimum atomic E-state index is -0.598. The van der Waals surface area contributed by atoms with Crippen LogP contribution in [0.3, 0.4) is 0 Å². The van der Waals surface area contributed by atoms with Gasteiger partial charge in [-0.1, -0.05) is 5.16 Å². The summed E-state index contributed by atoms with van der Waals surface area (Å²) in [6, 6.07) is 0. The maximum Gasteiger partial charge on any atom is 0.352 e. The van der Waals surface area contributed by atoms with Crippen LogP contribution in [0.25, 0.3) is 0 Å². The van der Waals surface area contributed by atoms with E-state index in [1.54, 1.807) is 33.1 Å². The fraction of sp³-hybridized carbons (Fsp3) is 0.600. The summed E-state index contributed by atoms with van der Waals surface area (Å²) in [5, 5.41) is 5.69. The number of nitrogens with two attached hydrogens (primary N) is 1. The van der Waals surface area contributed by atoms with E-state index in [4.69, 9.17) is 15.3 Å². The quantitative estimate of drug-likeness (QED) is 0.430. The Labute approximate surface area is 145 Å². The van der Waals surface area contributed by atoms with Gasteiger partial charge in [0, 0.05) is 11.3 Å². The first kappa shape index (κ1) is 19.9. The highest BCUT2D eigenvalue weighted by Crippen LogP contribution is 2.25. The highest BCUT2D eigenvalue weighted by molar-refractivity contribution is 7.13. The predicted octanol–water partition coefficient (Wildman–Crippen LogP) is 2.11. The molecular weight excluding hydrogens is 334 g/mol. The van der Waals surface area contributed by atoms with Crippen molar-refractivity contribution in [2.75, 3.05) is 18.9 Å². The molecule has 8 nitrogen and oxygen atoms in total. The van der Waals surface area contributed by atoms with Crippen LogP contribution >= 0.6 is 11.3 Å². The summed E-state index contributed by atoms with van der Waals surface area (Å²) in [5.41, 5.74) is 5.68. The van der Waals surface area contributed by atoms with E-state index in [0.29, 0.717) is 10.8 Å². The second kappa shape index (κ2) is 9.21. The van der Waals surface area contributed by atoms with Gasteiger partial charge in [0.15, 0.2) is 11.3 Å². The average molecular weight is 357 g/mol. The third-order valence-corrected chi connectivity index (χ3v) is 3.28. The van der Waals surface area contributed by atoms with Crippen LogP contribution < -0.4 is 5.73 Å². The van der Waals surface area contributed by atoms with Crippen molar-refractivity contribution in [3.8, 4) is 0 Å². The van der Waals surface area contributed by atoms with Crippen LogP contribution in [0.15, 0.2) is 10.5 Å². The minimum Gasteiger partial charge on any atom is -0.462 e. The Morgan fingerprint density at radius 1 is 1.46 bits per heavy atom. The third-order valence-electron chi connectivity index (χ3n) is 2.59. The highest BCUT2D eigenvalue weighted by Gasteiger charge is 2.24. The fourth-order valence-electron chi connectivity index (χ4n) is 1.71. The summed E-state index contributed by atoms with van der Waals surface area (Å²) in [4.78, 5) is 32.4. The molecular formula is C15H23N3O5S. The lowest BCUT2D eigenvalue weighted by Gasteiger charge is -2.21. The van der Waals surface area contributed by atoms with Gasteiger partial charge in [-0.05, 0) is 27.7 Å². The number of carbonyl (C=O) groups excluding carboxylic acids is 2. The molecule has 1 rings (SSSR count). The van der Waals surface area contributed by atoms with Crippen LogP contribution in [-0.4, -0.2) is 42.0 Å². The number of anilines is 1. The third kappa shape index (κ3) is 7.91. The van der Waals surface area contributed by atoms with Crippen molar-refractivity contribution in [2.45, 2.75) is 45.6 Å². The molecule has 0 fully saturated rings. The zero-order valence-corrected chi connectivity index (χ0v) is 15.1. The molecule has 9 heteroatoms. The summed E-state index contributed by atoms with van der Waals surface area (Å²) in [6.45, 7) is 7.38. The van der Waals surface area contributed by atoms with E-state index in [2.05, 4.69) is 14.9 Å². The molecule has 2 N–H and O–H groups in total. The lowest BCUT2D eigenvalue weighted by atomic mass is 10.0. The van der Waals surface area contributed by atoms with Crippen molar-refractivity contribution in [1.29, 1.82) is 0 Å². The molecule has 0 spiro atoms. The number of hydrogen-bond acceptors (Lipinski definition) is 9. The second-order valence-electron chi connectivity index (χ2n) is 5.88. The number of nitrogen functional groups attached to an aromatic ring is 1. The Morgan fingerprint density at radius 3 is 2.71 bits per heavy atom. The maximum absolute atomic E-state index is 12.0. The van der Waals surface area contributed by atoms with Crippen molar-refractivity contribution in [3.63, 3.8) is 0 Å². The molecule has 134 valence electrons. The van der Waals surface area contributed by atoms with Gasteiger partial charge >= 0.3 is 11.9 Å². The number of ether oxygens (including phenoxy) is 2.